The van der Waals surface area contributed by atoms with E-state index < -0.39 is 0 Å². The number of hydrogen-bond acceptors (Lipinski definition) is 2. The van der Waals surface area contributed by atoms with Crippen LogP contribution in [0.15, 0.2) is 0 Å². The van der Waals surface area contributed by atoms with Gasteiger partial charge >= 0.3 is 5.97 Å². The highest BCUT2D eigenvalue weighted by Crippen LogP contribution is 1.97. The minimum absolute atomic E-state index is 0.0298. The molecule has 0 saturated heterocycles. The van der Waals surface area contributed by atoms with E-state index >= 15 is 0 Å². The Kier molecular flexibility index (Phi) is 4.99. The second-order valence-electron chi connectivity index (χ2n) is 2.46. The first kappa shape index (κ1) is 9.47. The minimum Gasteiger partial charge on any atom is -0.465 e. The van der Waals surface area contributed by atoms with Gasteiger partial charge in [0.05, 0.1) is 12.5 Å². The highest BCUT2D eigenvalue weighted by molar-refractivity contribution is 5.71. The maximum Gasteiger partial charge on any atom is 0.308 e. The fraction of sp³-hybridized carbons (Fsp3) is 0.750. The summed E-state index contributed by atoms with van der Waals surface area (Å²) < 4.78 is 4.82. The molecule has 0 aliphatic heterocycles. The Morgan fingerprint density at radius 2 is 2.20 bits per heavy atom. The van der Waals surface area contributed by atoms with E-state index in [0.717, 1.165) is 6.42 Å². The first-order chi connectivity index (χ1) is 4.68. The van der Waals surface area contributed by atoms with Gasteiger partial charge in [0.2, 0.25) is 0 Å². The van der Waals surface area contributed by atoms with Crippen LogP contribution in [0.3, 0.4) is 0 Å². The quantitative estimate of drug-likeness (QED) is 0.441. The molecule has 2 nitrogen and oxygen atoms in total. The van der Waals surface area contributed by atoms with Crippen molar-refractivity contribution in [3.63, 3.8) is 0 Å². The molecule has 58 valence electrons. The second-order valence-corrected chi connectivity index (χ2v) is 2.46. The molecular formula is C8H14O2. The van der Waals surface area contributed by atoms with E-state index in [2.05, 4.69) is 0 Å². The van der Waals surface area contributed by atoms with E-state index in [9.17, 15) is 4.79 Å². The maximum absolute atomic E-state index is 10.8. The van der Waals surface area contributed by atoms with Gasteiger partial charge in [0.25, 0.3) is 0 Å². The molecule has 0 amide bonds. The third-order valence-electron chi connectivity index (χ3n) is 1.06. The standard InChI is InChI=1S/C8H14O2/c1-4-5-6-10-8(9)7(2)3/h1,7H,4-6H2,2-3H3. The number of unbranched alkanes of at least 4 members (excludes halogenated alkanes) is 1. The summed E-state index contributed by atoms with van der Waals surface area (Å²) in [5.74, 6) is -0.175. The zero-order chi connectivity index (χ0) is 7.98. The monoisotopic (exact) mass is 142 g/mol. The molecule has 0 aliphatic rings. The molecule has 0 N–H and O–H groups in total. The van der Waals surface area contributed by atoms with Crippen molar-refractivity contribution in [3.05, 3.63) is 6.92 Å². The summed E-state index contributed by atoms with van der Waals surface area (Å²) in [4.78, 5) is 10.8. The van der Waals surface area contributed by atoms with Crippen molar-refractivity contribution in [1.29, 1.82) is 0 Å². The SMILES string of the molecule is [CH]CCCOC(=O)C(C)C. The van der Waals surface area contributed by atoms with Crippen molar-refractivity contribution in [1.82, 2.24) is 0 Å². The third-order valence-corrected chi connectivity index (χ3v) is 1.06. The van der Waals surface area contributed by atoms with Crippen LogP contribution in [0.4, 0.5) is 0 Å². The molecule has 0 aliphatic carbocycles. The van der Waals surface area contributed by atoms with Gasteiger partial charge in [-0.3, -0.25) is 4.79 Å². The van der Waals surface area contributed by atoms with Gasteiger partial charge < -0.3 is 4.74 Å². The fourth-order valence-corrected chi connectivity index (χ4v) is 0.423. The smallest absolute Gasteiger partial charge is 0.308 e. The van der Waals surface area contributed by atoms with Crippen molar-refractivity contribution >= 4 is 5.97 Å². The van der Waals surface area contributed by atoms with Crippen LogP contribution in [0.1, 0.15) is 26.7 Å². The molecule has 0 aromatic carbocycles. The number of carbonyl (C=O) groups excluding carboxylic acids is 1. The second kappa shape index (κ2) is 5.27. The summed E-state index contributed by atoms with van der Waals surface area (Å²) >= 11 is 0. The van der Waals surface area contributed by atoms with Gasteiger partial charge in [-0.2, -0.15) is 0 Å². The van der Waals surface area contributed by atoms with Crippen LogP contribution in [0, 0.1) is 12.8 Å². The van der Waals surface area contributed by atoms with Crippen molar-refractivity contribution in [2.75, 3.05) is 6.61 Å². The average molecular weight is 142 g/mol. The molecular weight excluding hydrogens is 128 g/mol. The first-order valence-electron chi connectivity index (χ1n) is 3.55. The van der Waals surface area contributed by atoms with Gasteiger partial charge in [0.15, 0.2) is 0 Å². The topological polar surface area (TPSA) is 26.3 Å². The van der Waals surface area contributed by atoms with Crippen LogP contribution < -0.4 is 0 Å². The molecule has 0 unspecified atom stereocenters. The minimum atomic E-state index is -0.145. The van der Waals surface area contributed by atoms with Gasteiger partial charge in [0, 0.05) is 0 Å². The van der Waals surface area contributed by atoms with E-state index in [1.807, 2.05) is 13.8 Å². The van der Waals surface area contributed by atoms with E-state index in [1.54, 1.807) is 0 Å². The number of hydrogen-bond donors (Lipinski definition) is 0. The highest BCUT2D eigenvalue weighted by Gasteiger charge is 2.06. The lowest BCUT2D eigenvalue weighted by molar-refractivity contribution is -0.147. The molecule has 10 heavy (non-hydrogen) atoms. The lowest BCUT2D eigenvalue weighted by Crippen LogP contribution is -2.12. The summed E-state index contributed by atoms with van der Waals surface area (Å²) in [5, 5.41) is 0. The highest BCUT2D eigenvalue weighted by atomic mass is 16.5. The summed E-state index contributed by atoms with van der Waals surface area (Å²) in [6.45, 7) is 9.27. The van der Waals surface area contributed by atoms with E-state index in [1.165, 1.54) is 0 Å². The number of esters is 1. The largest absolute Gasteiger partial charge is 0.465 e. The Bertz CT molecular complexity index is 97.4. The van der Waals surface area contributed by atoms with E-state index in [4.69, 9.17) is 11.7 Å². The Morgan fingerprint density at radius 3 is 2.60 bits per heavy atom. The van der Waals surface area contributed by atoms with Crippen molar-refractivity contribution in [2.24, 2.45) is 5.92 Å². The number of rotatable bonds is 4. The molecule has 0 saturated carbocycles. The average Bonchev–Trinajstić information content (AvgIpc) is 1.88. The van der Waals surface area contributed by atoms with Crippen LogP contribution in [0.5, 0.6) is 0 Å². The Hall–Kier alpha value is -0.530. The van der Waals surface area contributed by atoms with Crippen LogP contribution >= 0.6 is 0 Å². The van der Waals surface area contributed by atoms with Gasteiger partial charge in [0.1, 0.15) is 0 Å². The van der Waals surface area contributed by atoms with Crippen LogP contribution in [0.25, 0.3) is 0 Å². The molecule has 0 fully saturated rings. The molecule has 0 rings (SSSR count). The lowest BCUT2D eigenvalue weighted by Gasteiger charge is -2.04. The molecule has 0 spiro atoms. The third kappa shape index (κ3) is 4.36. The van der Waals surface area contributed by atoms with E-state index in [0.29, 0.717) is 13.0 Å². The number of ether oxygens (including phenoxy) is 1. The predicted molar refractivity (Wildman–Crippen MR) is 39.3 cm³/mol. The van der Waals surface area contributed by atoms with Gasteiger partial charge in [-0.05, 0) is 19.8 Å². The number of carbonyl (C=O) groups is 1. The zero-order valence-electron chi connectivity index (χ0n) is 6.59. The van der Waals surface area contributed by atoms with Crippen LogP contribution in [-0.4, -0.2) is 12.6 Å². The van der Waals surface area contributed by atoms with Crippen molar-refractivity contribution in [2.45, 2.75) is 26.7 Å². The molecule has 2 radical (unpaired) electrons. The Morgan fingerprint density at radius 1 is 1.60 bits per heavy atom. The van der Waals surface area contributed by atoms with Gasteiger partial charge in [-0.15, -0.1) is 0 Å². The molecule has 0 atom stereocenters. The summed E-state index contributed by atoms with van der Waals surface area (Å²) in [6, 6.07) is 0. The Labute approximate surface area is 62.6 Å². The normalized spacial score (nSPS) is 10.0. The lowest BCUT2D eigenvalue weighted by atomic mass is 10.2. The predicted octanol–water partition coefficient (Wildman–Crippen LogP) is 1.68. The first-order valence-corrected chi connectivity index (χ1v) is 3.55. The fourth-order valence-electron chi connectivity index (χ4n) is 0.423. The van der Waals surface area contributed by atoms with Gasteiger partial charge in [-0.25, -0.2) is 0 Å². The van der Waals surface area contributed by atoms with Crippen LogP contribution in [-0.2, 0) is 9.53 Å². The van der Waals surface area contributed by atoms with E-state index in [-0.39, 0.29) is 11.9 Å². The zero-order valence-corrected chi connectivity index (χ0v) is 6.59. The summed E-state index contributed by atoms with van der Waals surface area (Å²) in [6.07, 6.45) is 1.32. The molecule has 0 aromatic rings. The van der Waals surface area contributed by atoms with Crippen molar-refractivity contribution < 1.29 is 9.53 Å². The maximum atomic E-state index is 10.8. The molecule has 0 heterocycles. The van der Waals surface area contributed by atoms with Crippen LogP contribution in [0.2, 0.25) is 0 Å². The summed E-state index contributed by atoms with van der Waals surface area (Å²) in [7, 11) is 0. The molecule has 2 heteroatoms. The Balaban J connectivity index is 3.22. The molecule has 0 aromatic heterocycles. The summed E-state index contributed by atoms with van der Waals surface area (Å²) in [5.41, 5.74) is 0. The van der Waals surface area contributed by atoms with Gasteiger partial charge in [-0.1, -0.05) is 13.8 Å². The molecule has 0 bridgehead atoms. The van der Waals surface area contributed by atoms with Crippen molar-refractivity contribution in [3.8, 4) is 0 Å².